The van der Waals surface area contributed by atoms with Crippen molar-refractivity contribution in [1.29, 1.82) is 0 Å². The van der Waals surface area contributed by atoms with Crippen LogP contribution in [0.2, 0.25) is 19.6 Å². The Balaban J connectivity index is 2.34. The van der Waals surface area contributed by atoms with Gasteiger partial charge in [-0.1, -0.05) is 61.2 Å². The lowest BCUT2D eigenvalue weighted by molar-refractivity contribution is 0.925. The molecule has 0 fully saturated rings. The van der Waals surface area contributed by atoms with Crippen LogP contribution in [0.4, 0.5) is 0 Å². The quantitative estimate of drug-likeness (QED) is 0.622. The maximum atomic E-state index is 4.60. The van der Waals surface area contributed by atoms with E-state index < -0.39 is 8.07 Å². The summed E-state index contributed by atoms with van der Waals surface area (Å²) in [4.78, 5) is 4.60. The van der Waals surface area contributed by atoms with Crippen LogP contribution in [0, 0.1) is 13.8 Å². The van der Waals surface area contributed by atoms with Crippen LogP contribution < -0.4 is 5.19 Å². The zero-order chi connectivity index (χ0) is 17.5. The molecule has 1 aromatic heterocycles. The molecule has 0 aliphatic rings. The number of nitrogens with zero attached hydrogens (tertiary/aromatic N) is 2. The van der Waals surface area contributed by atoms with Crippen LogP contribution in [0.3, 0.4) is 0 Å². The lowest BCUT2D eigenvalue weighted by Gasteiger charge is -2.21. The van der Waals surface area contributed by atoms with Gasteiger partial charge in [-0.05, 0) is 36.1 Å². The highest BCUT2D eigenvalue weighted by Gasteiger charge is 2.21. The average molecular weight is 335 g/mol. The fraction of sp³-hybridized carbons (Fsp3) is 0.286. The van der Waals surface area contributed by atoms with E-state index in [9.17, 15) is 0 Å². The molecule has 0 N–H and O–H groups in total. The molecule has 0 saturated carbocycles. The van der Waals surface area contributed by atoms with Crippen LogP contribution in [0.25, 0.3) is 22.5 Å². The Labute approximate surface area is 146 Å². The molecule has 3 aromatic rings. The van der Waals surface area contributed by atoms with Gasteiger partial charge >= 0.3 is 0 Å². The van der Waals surface area contributed by atoms with E-state index in [1.54, 1.807) is 0 Å². The van der Waals surface area contributed by atoms with Crippen molar-refractivity contribution < 1.29 is 0 Å². The maximum absolute atomic E-state index is 4.60. The van der Waals surface area contributed by atoms with E-state index in [2.05, 4.69) is 86.5 Å². The number of benzene rings is 2. The molecule has 2 aromatic carbocycles. The maximum Gasteiger partial charge on any atom is 0.140 e. The van der Waals surface area contributed by atoms with Crippen LogP contribution >= 0.6 is 0 Å². The Morgan fingerprint density at radius 1 is 0.917 bits per heavy atom. The normalized spacial score (nSPS) is 11.8. The summed E-state index contributed by atoms with van der Waals surface area (Å²) in [5.74, 6) is 1.02. The molecule has 3 heteroatoms. The van der Waals surface area contributed by atoms with Crippen molar-refractivity contribution in [3.05, 3.63) is 59.9 Å². The summed E-state index contributed by atoms with van der Waals surface area (Å²) in [6.07, 6.45) is 3.88. The fourth-order valence-corrected chi connectivity index (χ4v) is 4.44. The first-order chi connectivity index (χ1) is 11.3. The minimum Gasteiger partial charge on any atom is -0.334 e. The SMILES string of the molecule is Cc1cccc(C)c1-c1cc([Si](C)(C)C)ccc1-c1nccn1C. The second kappa shape index (κ2) is 6.06. The van der Waals surface area contributed by atoms with Crippen LogP contribution in [-0.4, -0.2) is 17.6 Å². The topological polar surface area (TPSA) is 17.8 Å². The first-order valence-electron chi connectivity index (χ1n) is 8.48. The van der Waals surface area contributed by atoms with Crippen LogP contribution in [0.1, 0.15) is 11.1 Å². The molecule has 0 aliphatic heterocycles. The minimum absolute atomic E-state index is 1.02. The molecule has 124 valence electrons. The third-order valence-corrected chi connectivity index (χ3v) is 6.74. The standard InChI is InChI=1S/C21H26N2Si/c1-15-8-7-9-16(2)20(15)19-14-17(24(4,5)6)10-11-18(19)21-22-12-13-23(21)3/h7-14H,1-6H3. The van der Waals surface area contributed by atoms with Crippen molar-refractivity contribution in [2.45, 2.75) is 33.5 Å². The summed E-state index contributed by atoms with van der Waals surface area (Å²) in [6.45, 7) is 11.6. The van der Waals surface area contributed by atoms with Gasteiger partial charge < -0.3 is 4.57 Å². The van der Waals surface area contributed by atoms with Gasteiger partial charge in [0.2, 0.25) is 0 Å². The fourth-order valence-electron chi connectivity index (χ4n) is 3.28. The smallest absolute Gasteiger partial charge is 0.140 e. The second-order valence-corrected chi connectivity index (χ2v) is 12.7. The summed E-state index contributed by atoms with van der Waals surface area (Å²) < 4.78 is 2.10. The lowest BCUT2D eigenvalue weighted by Crippen LogP contribution is -2.37. The largest absolute Gasteiger partial charge is 0.334 e. The monoisotopic (exact) mass is 334 g/mol. The van der Waals surface area contributed by atoms with Crippen molar-refractivity contribution >= 4 is 13.3 Å². The van der Waals surface area contributed by atoms with Gasteiger partial charge in [-0.15, -0.1) is 0 Å². The molecule has 0 aliphatic carbocycles. The summed E-state index contributed by atoms with van der Waals surface area (Å²) in [6, 6.07) is 13.5. The highest BCUT2D eigenvalue weighted by molar-refractivity contribution is 6.88. The van der Waals surface area contributed by atoms with E-state index in [0.29, 0.717) is 0 Å². The first-order valence-corrected chi connectivity index (χ1v) is 12.0. The van der Waals surface area contributed by atoms with Crippen molar-refractivity contribution in [2.75, 3.05) is 0 Å². The zero-order valence-electron chi connectivity index (χ0n) is 15.5. The molecule has 0 atom stereocenters. The molecule has 2 nitrogen and oxygen atoms in total. The van der Waals surface area contributed by atoms with Gasteiger partial charge in [-0.25, -0.2) is 4.98 Å². The molecule has 0 saturated heterocycles. The Kier molecular flexibility index (Phi) is 4.22. The number of aromatic nitrogens is 2. The van der Waals surface area contributed by atoms with Crippen molar-refractivity contribution in [1.82, 2.24) is 9.55 Å². The Bertz CT molecular complexity index is 865. The summed E-state index contributed by atoms with van der Waals surface area (Å²) >= 11 is 0. The number of hydrogen-bond acceptors (Lipinski definition) is 1. The first kappa shape index (κ1) is 16.7. The lowest BCUT2D eigenvalue weighted by atomic mass is 9.92. The predicted molar refractivity (Wildman–Crippen MR) is 107 cm³/mol. The molecule has 0 bridgehead atoms. The van der Waals surface area contributed by atoms with Crippen molar-refractivity contribution in [2.24, 2.45) is 7.05 Å². The van der Waals surface area contributed by atoms with E-state index in [4.69, 9.17) is 0 Å². The van der Waals surface area contributed by atoms with E-state index in [1.165, 1.54) is 33.0 Å². The van der Waals surface area contributed by atoms with Gasteiger partial charge in [0.25, 0.3) is 0 Å². The molecular weight excluding hydrogens is 308 g/mol. The van der Waals surface area contributed by atoms with E-state index >= 15 is 0 Å². The van der Waals surface area contributed by atoms with Crippen LogP contribution in [0.15, 0.2) is 48.8 Å². The molecule has 1 heterocycles. The molecule has 24 heavy (non-hydrogen) atoms. The molecule has 0 unspecified atom stereocenters. The third kappa shape index (κ3) is 2.96. The average Bonchev–Trinajstić information content (AvgIpc) is 2.92. The Hall–Kier alpha value is -2.13. The van der Waals surface area contributed by atoms with Gasteiger partial charge in [-0.2, -0.15) is 0 Å². The second-order valence-electron chi connectivity index (χ2n) is 7.64. The Morgan fingerprint density at radius 2 is 1.58 bits per heavy atom. The molecule has 0 spiro atoms. The summed E-state index contributed by atoms with van der Waals surface area (Å²) in [5, 5.41) is 1.48. The van der Waals surface area contributed by atoms with Gasteiger partial charge in [0.15, 0.2) is 0 Å². The van der Waals surface area contributed by atoms with Gasteiger partial charge in [0.1, 0.15) is 5.82 Å². The number of rotatable bonds is 3. The number of hydrogen-bond donors (Lipinski definition) is 0. The highest BCUT2D eigenvalue weighted by Crippen LogP contribution is 2.35. The molecule has 0 radical (unpaired) electrons. The van der Waals surface area contributed by atoms with Crippen LogP contribution in [0.5, 0.6) is 0 Å². The molecular formula is C21H26N2Si. The van der Waals surface area contributed by atoms with E-state index in [0.717, 1.165) is 5.82 Å². The van der Waals surface area contributed by atoms with E-state index in [1.807, 2.05) is 12.4 Å². The molecule has 3 rings (SSSR count). The molecule has 0 amide bonds. The summed E-state index contributed by atoms with van der Waals surface area (Å²) in [5.41, 5.74) is 6.49. The minimum atomic E-state index is -1.38. The highest BCUT2D eigenvalue weighted by atomic mass is 28.3. The third-order valence-electron chi connectivity index (χ3n) is 4.70. The van der Waals surface area contributed by atoms with Crippen LogP contribution in [-0.2, 0) is 7.05 Å². The predicted octanol–water partition coefficient (Wildman–Crippen LogP) is 4.92. The van der Waals surface area contributed by atoms with Gasteiger partial charge in [0.05, 0.1) is 8.07 Å². The van der Waals surface area contributed by atoms with Crippen molar-refractivity contribution in [3.63, 3.8) is 0 Å². The van der Waals surface area contributed by atoms with Crippen molar-refractivity contribution in [3.8, 4) is 22.5 Å². The number of aryl methyl sites for hydroxylation is 3. The van der Waals surface area contributed by atoms with Gasteiger partial charge in [0, 0.05) is 25.0 Å². The van der Waals surface area contributed by atoms with E-state index in [-0.39, 0.29) is 0 Å². The number of imidazole rings is 1. The van der Waals surface area contributed by atoms with Gasteiger partial charge in [-0.3, -0.25) is 0 Å². The Morgan fingerprint density at radius 3 is 2.12 bits per heavy atom. The summed E-state index contributed by atoms with van der Waals surface area (Å²) in [7, 11) is 0.678. The zero-order valence-corrected chi connectivity index (χ0v) is 16.5.